The van der Waals surface area contributed by atoms with Gasteiger partial charge in [0, 0.05) is 25.7 Å². The van der Waals surface area contributed by atoms with Gasteiger partial charge in [-0.1, -0.05) is 23.7 Å². The number of hydrogen-bond acceptors (Lipinski definition) is 7. The SMILES string of the molecule is OCC1OC(c2ccc(Cl)c(Cc3cc4sccc4s3)c2)[C@H](O)C(O)[C@@H]1O. The first-order valence-corrected chi connectivity index (χ1v) is 10.6. The minimum atomic E-state index is -1.40. The van der Waals surface area contributed by atoms with Crippen LogP contribution in [0.25, 0.3) is 9.40 Å². The van der Waals surface area contributed by atoms with E-state index in [0.29, 0.717) is 17.0 Å². The number of aliphatic hydroxyl groups excluding tert-OH is 4. The summed E-state index contributed by atoms with van der Waals surface area (Å²) in [6, 6.07) is 9.57. The normalized spacial score (nSPS) is 28.7. The van der Waals surface area contributed by atoms with Crippen LogP contribution in [0.15, 0.2) is 35.7 Å². The van der Waals surface area contributed by atoms with Crippen LogP contribution in [-0.4, -0.2) is 51.4 Å². The molecule has 4 rings (SSSR count). The smallest absolute Gasteiger partial charge is 0.113 e. The Hall–Kier alpha value is -1.03. The van der Waals surface area contributed by atoms with Crippen molar-refractivity contribution in [2.45, 2.75) is 36.9 Å². The van der Waals surface area contributed by atoms with Crippen molar-refractivity contribution in [3.05, 3.63) is 56.7 Å². The molecule has 0 aliphatic carbocycles. The van der Waals surface area contributed by atoms with Gasteiger partial charge >= 0.3 is 0 Å². The minimum Gasteiger partial charge on any atom is -0.394 e. The van der Waals surface area contributed by atoms with Crippen molar-refractivity contribution in [3.63, 3.8) is 0 Å². The standard InChI is InChI=1S/C19H19ClO5S2/c20-12-2-1-9(19-18(24)17(23)16(22)13(8-21)25-19)5-10(12)6-11-7-15-14(27-11)3-4-26-15/h1-5,7,13,16-19,21-24H,6,8H2/t13?,16-,17?,18-,19?/m1/s1. The molecule has 1 aliphatic heterocycles. The molecule has 0 radical (unpaired) electrons. The van der Waals surface area contributed by atoms with Crippen LogP contribution in [0.1, 0.15) is 22.1 Å². The molecule has 3 unspecified atom stereocenters. The number of halogens is 1. The molecule has 2 aromatic heterocycles. The average molecular weight is 427 g/mol. The van der Waals surface area contributed by atoms with Gasteiger partial charge in [-0.3, -0.25) is 0 Å². The lowest BCUT2D eigenvalue weighted by Crippen LogP contribution is -2.55. The molecule has 27 heavy (non-hydrogen) atoms. The molecule has 0 bridgehead atoms. The maximum atomic E-state index is 10.3. The van der Waals surface area contributed by atoms with E-state index in [0.717, 1.165) is 5.56 Å². The van der Waals surface area contributed by atoms with E-state index in [1.54, 1.807) is 34.8 Å². The van der Waals surface area contributed by atoms with Crippen LogP contribution in [0, 0.1) is 0 Å². The van der Waals surface area contributed by atoms with Crippen LogP contribution in [0.5, 0.6) is 0 Å². The third kappa shape index (κ3) is 3.66. The average Bonchev–Trinajstić information content (AvgIpc) is 3.24. The zero-order valence-electron chi connectivity index (χ0n) is 14.2. The Kier molecular flexibility index (Phi) is 5.55. The topological polar surface area (TPSA) is 90.2 Å². The molecule has 3 heterocycles. The van der Waals surface area contributed by atoms with Gasteiger partial charge in [-0.2, -0.15) is 0 Å². The molecule has 0 spiro atoms. The third-order valence-corrected chi connectivity index (χ3v) is 7.31. The van der Waals surface area contributed by atoms with Gasteiger partial charge < -0.3 is 25.2 Å². The van der Waals surface area contributed by atoms with Gasteiger partial charge in [-0.05, 0) is 34.7 Å². The number of fused-ring (bicyclic) bond motifs is 1. The molecule has 5 nitrogen and oxygen atoms in total. The van der Waals surface area contributed by atoms with E-state index in [1.807, 2.05) is 6.07 Å². The number of thiophene rings is 2. The highest BCUT2D eigenvalue weighted by Gasteiger charge is 2.44. The molecule has 0 amide bonds. The van der Waals surface area contributed by atoms with Gasteiger partial charge in [0.05, 0.1) is 6.61 Å². The Bertz CT molecular complexity index is 909. The Balaban J connectivity index is 1.62. The number of rotatable bonds is 4. The van der Waals surface area contributed by atoms with E-state index in [2.05, 4.69) is 17.5 Å². The molecule has 1 aliphatic rings. The first-order valence-electron chi connectivity index (χ1n) is 8.52. The zero-order chi connectivity index (χ0) is 19.1. The summed E-state index contributed by atoms with van der Waals surface area (Å²) < 4.78 is 8.14. The van der Waals surface area contributed by atoms with Crippen molar-refractivity contribution in [2.24, 2.45) is 0 Å². The molecule has 4 N–H and O–H groups in total. The molecule has 1 fully saturated rings. The summed E-state index contributed by atoms with van der Waals surface area (Å²) in [7, 11) is 0. The second-order valence-corrected chi connectivity index (χ2v) is 9.16. The summed E-state index contributed by atoms with van der Waals surface area (Å²) in [6.07, 6.45) is -5.21. The Morgan fingerprint density at radius 3 is 2.56 bits per heavy atom. The Labute approximate surface area is 169 Å². The van der Waals surface area contributed by atoms with Crippen LogP contribution in [0.2, 0.25) is 5.02 Å². The lowest BCUT2D eigenvalue weighted by atomic mass is 9.90. The third-order valence-electron chi connectivity index (χ3n) is 4.85. The van der Waals surface area contributed by atoms with Crippen molar-refractivity contribution >= 4 is 43.7 Å². The van der Waals surface area contributed by atoms with Gasteiger partial charge in [0.2, 0.25) is 0 Å². The molecule has 1 aromatic carbocycles. The summed E-state index contributed by atoms with van der Waals surface area (Å²) in [6.45, 7) is -0.451. The lowest BCUT2D eigenvalue weighted by Gasteiger charge is -2.40. The molecule has 0 saturated carbocycles. The Morgan fingerprint density at radius 2 is 1.81 bits per heavy atom. The maximum absolute atomic E-state index is 10.3. The van der Waals surface area contributed by atoms with E-state index >= 15 is 0 Å². The second-order valence-electron chi connectivity index (χ2n) is 6.64. The van der Waals surface area contributed by atoms with Crippen molar-refractivity contribution in [1.29, 1.82) is 0 Å². The van der Waals surface area contributed by atoms with Crippen LogP contribution < -0.4 is 0 Å². The molecule has 8 heteroatoms. The van der Waals surface area contributed by atoms with E-state index in [-0.39, 0.29) is 0 Å². The summed E-state index contributed by atoms with van der Waals surface area (Å²) in [5.41, 5.74) is 1.53. The molecule has 1 saturated heterocycles. The maximum Gasteiger partial charge on any atom is 0.113 e. The highest BCUT2D eigenvalue weighted by molar-refractivity contribution is 7.26. The van der Waals surface area contributed by atoms with E-state index < -0.39 is 37.1 Å². The van der Waals surface area contributed by atoms with Gasteiger partial charge in [0.1, 0.15) is 30.5 Å². The fourth-order valence-electron chi connectivity index (χ4n) is 3.37. The highest BCUT2D eigenvalue weighted by Crippen LogP contribution is 2.36. The van der Waals surface area contributed by atoms with Gasteiger partial charge in [-0.25, -0.2) is 0 Å². The van der Waals surface area contributed by atoms with Crippen LogP contribution in [0.3, 0.4) is 0 Å². The van der Waals surface area contributed by atoms with E-state index in [1.165, 1.54) is 14.3 Å². The van der Waals surface area contributed by atoms with E-state index in [9.17, 15) is 20.4 Å². The van der Waals surface area contributed by atoms with Gasteiger partial charge in [0.25, 0.3) is 0 Å². The van der Waals surface area contributed by atoms with Crippen molar-refractivity contribution in [2.75, 3.05) is 6.61 Å². The van der Waals surface area contributed by atoms with Crippen LogP contribution in [-0.2, 0) is 11.2 Å². The summed E-state index contributed by atoms with van der Waals surface area (Å²) in [5, 5.41) is 42.4. The molecular weight excluding hydrogens is 408 g/mol. The van der Waals surface area contributed by atoms with Crippen molar-refractivity contribution in [1.82, 2.24) is 0 Å². The summed E-state index contributed by atoms with van der Waals surface area (Å²) in [4.78, 5) is 1.18. The lowest BCUT2D eigenvalue weighted by molar-refractivity contribution is -0.231. The summed E-state index contributed by atoms with van der Waals surface area (Å²) in [5.74, 6) is 0. The van der Waals surface area contributed by atoms with Crippen molar-refractivity contribution < 1.29 is 25.2 Å². The zero-order valence-corrected chi connectivity index (χ0v) is 16.5. The second kappa shape index (κ2) is 7.77. The first-order chi connectivity index (χ1) is 13.0. The van der Waals surface area contributed by atoms with E-state index in [4.69, 9.17) is 16.3 Å². The molecule has 5 atom stereocenters. The fraction of sp³-hybridized carbons (Fsp3) is 0.368. The minimum absolute atomic E-state index is 0.451. The van der Waals surface area contributed by atoms with Gasteiger partial charge in [-0.15, -0.1) is 22.7 Å². The van der Waals surface area contributed by atoms with Crippen LogP contribution in [0.4, 0.5) is 0 Å². The number of ether oxygens (including phenoxy) is 1. The number of aliphatic hydroxyl groups is 4. The monoisotopic (exact) mass is 426 g/mol. The quantitative estimate of drug-likeness (QED) is 0.515. The summed E-state index contributed by atoms with van der Waals surface area (Å²) >= 11 is 9.80. The predicted octanol–water partition coefficient (Wildman–Crippen LogP) is 2.72. The van der Waals surface area contributed by atoms with Crippen LogP contribution >= 0.6 is 34.3 Å². The first kappa shape index (κ1) is 19.3. The molecular formula is C19H19ClO5S2. The highest BCUT2D eigenvalue weighted by atomic mass is 35.5. The van der Waals surface area contributed by atoms with Crippen molar-refractivity contribution in [3.8, 4) is 0 Å². The number of hydrogen-bond donors (Lipinski definition) is 4. The molecule has 144 valence electrons. The number of benzene rings is 1. The fourth-order valence-corrected chi connectivity index (χ4v) is 5.72. The Morgan fingerprint density at radius 1 is 1.00 bits per heavy atom. The van der Waals surface area contributed by atoms with Gasteiger partial charge in [0.15, 0.2) is 0 Å². The predicted molar refractivity (Wildman–Crippen MR) is 107 cm³/mol. The molecule has 3 aromatic rings. The largest absolute Gasteiger partial charge is 0.394 e.